The summed E-state index contributed by atoms with van der Waals surface area (Å²) >= 11 is 0. The molecule has 12 N–H and O–H groups in total. The van der Waals surface area contributed by atoms with Crippen LogP contribution in [0.2, 0.25) is 0 Å². The molecule has 0 saturated carbocycles. The topological polar surface area (TPSA) is 276 Å². The highest BCUT2D eigenvalue weighted by Gasteiger charge is 2.40. The molecule has 1 fully saturated rings. The summed E-state index contributed by atoms with van der Waals surface area (Å²) < 4.78 is 0. The quantitative estimate of drug-likeness (QED) is 0.0520. The number of carbonyl (C=O) groups is 5. The number of amides is 4. The van der Waals surface area contributed by atoms with E-state index < -0.39 is 65.9 Å². The molecular weight excluding hydrogens is 600 g/mol. The van der Waals surface area contributed by atoms with Crippen molar-refractivity contribution >= 4 is 35.6 Å². The zero-order valence-corrected chi connectivity index (χ0v) is 26.5. The number of aliphatic hydroxyl groups is 1. The molecule has 0 bridgehead atoms. The van der Waals surface area contributed by atoms with Gasteiger partial charge in [0.25, 0.3) is 0 Å². The minimum atomic E-state index is -1.56. The largest absolute Gasteiger partial charge is 0.508 e. The predicted octanol–water partition coefficient (Wildman–Crippen LogP) is -1.73. The number of nitrogens with one attached hydrogen (secondary N) is 3. The van der Waals surface area contributed by atoms with Gasteiger partial charge in [-0.3, -0.25) is 24.2 Å². The van der Waals surface area contributed by atoms with Crippen LogP contribution in [0.4, 0.5) is 0 Å². The van der Waals surface area contributed by atoms with E-state index >= 15 is 0 Å². The number of phenols is 1. The summed E-state index contributed by atoms with van der Waals surface area (Å²) in [6.07, 6.45) is 0.261. The van der Waals surface area contributed by atoms with E-state index in [0.717, 1.165) is 0 Å². The van der Waals surface area contributed by atoms with Crippen LogP contribution in [0.3, 0.4) is 0 Å². The molecule has 6 atom stereocenters. The molecule has 16 nitrogen and oxygen atoms in total. The molecule has 1 heterocycles. The van der Waals surface area contributed by atoms with Crippen molar-refractivity contribution in [2.75, 3.05) is 13.1 Å². The number of carboxylic acids is 1. The van der Waals surface area contributed by atoms with E-state index in [1.165, 1.54) is 24.0 Å². The monoisotopic (exact) mass is 648 g/mol. The summed E-state index contributed by atoms with van der Waals surface area (Å²) in [4.78, 5) is 70.3. The number of aliphatic carboxylic acids is 1. The highest BCUT2D eigenvalue weighted by atomic mass is 16.4. The fourth-order valence-corrected chi connectivity index (χ4v) is 5.11. The Hall–Kier alpha value is -4.44. The van der Waals surface area contributed by atoms with Gasteiger partial charge in [-0.1, -0.05) is 26.0 Å². The first-order valence-electron chi connectivity index (χ1n) is 15.3. The molecule has 1 aliphatic heterocycles. The Labute approximate surface area is 268 Å². The van der Waals surface area contributed by atoms with Gasteiger partial charge in [0.1, 0.15) is 23.9 Å². The van der Waals surface area contributed by atoms with Crippen LogP contribution in [0.5, 0.6) is 5.75 Å². The van der Waals surface area contributed by atoms with E-state index in [9.17, 15) is 39.3 Å². The van der Waals surface area contributed by atoms with Crippen LogP contribution in [-0.2, 0) is 30.4 Å². The van der Waals surface area contributed by atoms with Crippen LogP contribution in [0.25, 0.3) is 0 Å². The van der Waals surface area contributed by atoms with E-state index in [1.807, 2.05) is 13.8 Å². The number of nitrogens with zero attached hydrogens (tertiary/aromatic N) is 2. The van der Waals surface area contributed by atoms with E-state index in [1.54, 1.807) is 12.1 Å². The zero-order valence-electron chi connectivity index (χ0n) is 26.5. The van der Waals surface area contributed by atoms with Gasteiger partial charge in [-0.25, -0.2) is 4.79 Å². The van der Waals surface area contributed by atoms with Crippen molar-refractivity contribution in [2.24, 2.45) is 28.1 Å². The van der Waals surface area contributed by atoms with E-state index in [-0.39, 0.29) is 56.4 Å². The third kappa shape index (κ3) is 11.8. The predicted molar refractivity (Wildman–Crippen MR) is 169 cm³/mol. The normalized spacial score (nSPS) is 17.7. The molecule has 16 heteroatoms. The number of hydrogen-bond acceptors (Lipinski definition) is 9. The van der Waals surface area contributed by atoms with Gasteiger partial charge in [0.2, 0.25) is 23.6 Å². The van der Waals surface area contributed by atoms with Gasteiger partial charge in [-0.2, -0.15) is 0 Å². The van der Waals surface area contributed by atoms with Gasteiger partial charge in [0.05, 0.1) is 12.1 Å². The van der Waals surface area contributed by atoms with Crippen molar-refractivity contribution < 1.29 is 39.3 Å². The summed E-state index contributed by atoms with van der Waals surface area (Å²) in [5.41, 5.74) is 17.3. The average molecular weight is 649 g/mol. The maximum Gasteiger partial charge on any atom is 0.328 e. The number of benzene rings is 1. The molecule has 1 aromatic rings. The van der Waals surface area contributed by atoms with Gasteiger partial charge in [-0.15, -0.1) is 0 Å². The number of nitrogens with two attached hydrogens (primary N) is 3. The molecular formula is C30H48N8O8. The van der Waals surface area contributed by atoms with Crippen LogP contribution in [0.1, 0.15) is 58.4 Å². The lowest BCUT2D eigenvalue weighted by molar-refractivity contribution is -0.147. The van der Waals surface area contributed by atoms with Crippen LogP contribution in [-0.4, -0.2) is 105 Å². The highest BCUT2D eigenvalue weighted by molar-refractivity contribution is 5.96. The summed E-state index contributed by atoms with van der Waals surface area (Å²) in [5.74, 6) is -4.05. The van der Waals surface area contributed by atoms with Crippen LogP contribution < -0.4 is 33.2 Å². The Bertz CT molecular complexity index is 1240. The number of carboxylic acid groups (broad SMARTS) is 1. The number of carbonyl (C=O) groups excluding carboxylic acids is 4. The summed E-state index contributed by atoms with van der Waals surface area (Å²) in [7, 11) is 0. The average Bonchev–Trinajstić information content (AvgIpc) is 3.47. The first-order valence-corrected chi connectivity index (χ1v) is 15.3. The number of guanidine groups is 1. The number of aliphatic hydroxyl groups excluding tert-OH is 1. The number of likely N-dealkylation sites (tertiary alicyclic amines) is 1. The molecule has 4 amide bonds. The SMILES string of the molecule is CC(C)C[C@@H](NC(=O)[C@@H](Cc1ccc(O)cc1)NC(=O)[C@@H](N)CCCN=C(N)N)C(=O)N1CCC[C@@H]1C(=O)N[C@H](C(=O)O)[C@H](C)O. The third-order valence-electron chi connectivity index (χ3n) is 7.52. The number of phenolic OH excluding ortho intramolecular Hbond substituents is 1. The first-order chi connectivity index (χ1) is 21.6. The van der Waals surface area contributed by atoms with Gasteiger partial charge in [0, 0.05) is 19.5 Å². The van der Waals surface area contributed by atoms with E-state index in [2.05, 4.69) is 20.9 Å². The van der Waals surface area contributed by atoms with Crippen molar-refractivity contribution in [2.45, 2.75) is 95.6 Å². The molecule has 1 aliphatic rings. The smallest absolute Gasteiger partial charge is 0.328 e. The first kappa shape index (κ1) is 37.7. The number of hydrogen-bond donors (Lipinski definition) is 9. The fraction of sp³-hybridized carbons (Fsp3) is 0.600. The number of aliphatic imine (C=N–C) groups is 1. The maximum atomic E-state index is 13.8. The molecule has 0 radical (unpaired) electrons. The van der Waals surface area contributed by atoms with Crippen molar-refractivity contribution in [1.82, 2.24) is 20.9 Å². The number of rotatable bonds is 17. The highest BCUT2D eigenvalue weighted by Crippen LogP contribution is 2.21. The lowest BCUT2D eigenvalue weighted by atomic mass is 10.00. The molecule has 256 valence electrons. The summed E-state index contributed by atoms with van der Waals surface area (Å²) in [6, 6.07) is 0.330. The minimum Gasteiger partial charge on any atom is -0.508 e. The van der Waals surface area contributed by atoms with Gasteiger partial charge in [-0.05, 0) is 62.6 Å². The Morgan fingerprint density at radius 3 is 2.20 bits per heavy atom. The van der Waals surface area contributed by atoms with Crippen LogP contribution >= 0.6 is 0 Å². The Kier molecular flexibility index (Phi) is 14.7. The second-order valence-electron chi connectivity index (χ2n) is 11.9. The van der Waals surface area contributed by atoms with Crippen molar-refractivity contribution in [1.29, 1.82) is 0 Å². The zero-order chi connectivity index (χ0) is 34.6. The second kappa shape index (κ2) is 17.9. The fourth-order valence-electron chi connectivity index (χ4n) is 5.11. The Balaban J connectivity index is 2.25. The van der Waals surface area contributed by atoms with Gasteiger partial charge < -0.3 is 53.4 Å². The molecule has 0 unspecified atom stereocenters. The molecule has 0 aliphatic carbocycles. The van der Waals surface area contributed by atoms with Crippen molar-refractivity contribution in [3.8, 4) is 5.75 Å². The van der Waals surface area contributed by atoms with Gasteiger partial charge in [0.15, 0.2) is 12.0 Å². The van der Waals surface area contributed by atoms with Gasteiger partial charge >= 0.3 is 5.97 Å². The molecule has 46 heavy (non-hydrogen) atoms. The number of aromatic hydroxyl groups is 1. The minimum absolute atomic E-state index is 0.0197. The molecule has 1 saturated heterocycles. The molecule has 0 spiro atoms. The lowest BCUT2D eigenvalue weighted by Gasteiger charge is -2.31. The molecule has 1 aromatic carbocycles. The maximum absolute atomic E-state index is 13.8. The molecule has 0 aromatic heterocycles. The summed E-state index contributed by atoms with van der Waals surface area (Å²) in [6.45, 7) is 5.43. The van der Waals surface area contributed by atoms with E-state index in [4.69, 9.17) is 17.2 Å². The second-order valence-corrected chi connectivity index (χ2v) is 11.9. The lowest BCUT2D eigenvalue weighted by Crippen LogP contribution is -2.59. The Morgan fingerprint density at radius 1 is 1.00 bits per heavy atom. The molecule has 2 rings (SSSR count). The Morgan fingerprint density at radius 2 is 1.63 bits per heavy atom. The summed E-state index contributed by atoms with van der Waals surface area (Å²) in [5, 5.41) is 36.6. The standard InChI is InChI=1S/C30H48N8O8/c1-16(2)14-22(28(44)38-13-5-7-23(38)27(43)37-24(17(3)39)29(45)46)36-26(42)21(15-18-8-10-19(40)11-9-18)35-25(41)20(31)6-4-12-34-30(32)33/h8-11,16-17,20-24,39-40H,4-7,12-15,31H2,1-3H3,(H,35,41)(H,36,42)(H,37,43)(H,45,46)(H4,32,33,34)/t17-,20-,21+,22+,23+,24-/m0/s1. The van der Waals surface area contributed by atoms with Crippen LogP contribution in [0, 0.1) is 5.92 Å². The van der Waals surface area contributed by atoms with Crippen molar-refractivity contribution in [3.63, 3.8) is 0 Å². The third-order valence-corrected chi connectivity index (χ3v) is 7.52. The van der Waals surface area contributed by atoms with Crippen LogP contribution in [0.15, 0.2) is 29.3 Å². The van der Waals surface area contributed by atoms with Crippen molar-refractivity contribution in [3.05, 3.63) is 29.8 Å². The van der Waals surface area contributed by atoms with E-state index in [0.29, 0.717) is 18.4 Å².